The molecule has 2 nitrogen and oxygen atoms in total. The largest absolute Gasteiger partial charge is 0.378 e. The van der Waals surface area contributed by atoms with E-state index in [-0.39, 0.29) is 5.60 Å². The van der Waals surface area contributed by atoms with Crippen molar-refractivity contribution in [3.63, 3.8) is 0 Å². The van der Waals surface area contributed by atoms with Gasteiger partial charge in [0, 0.05) is 13.2 Å². The van der Waals surface area contributed by atoms with Crippen molar-refractivity contribution in [1.29, 1.82) is 0 Å². The molecule has 0 saturated heterocycles. The minimum absolute atomic E-state index is 0.152. The lowest BCUT2D eigenvalue weighted by Gasteiger charge is -2.42. The molecule has 0 heterocycles. The Morgan fingerprint density at radius 1 is 1.00 bits per heavy atom. The van der Waals surface area contributed by atoms with Crippen LogP contribution in [-0.4, -0.2) is 18.8 Å². The van der Waals surface area contributed by atoms with Crippen LogP contribution in [0.3, 0.4) is 0 Å². The Bertz CT molecular complexity index is 208. The second kappa shape index (κ2) is 9.77. The van der Waals surface area contributed by atoms with Crippen LogP contribution in [0, 0.1) is 0 Å². The van der Waals surface area contributed by atoms with Gasteiger partial charge in [-0.15, -0.1) is 0 Å². The first-order chi connectivity index (χ1) is 9.22. The van der Waals surface area contributed by atoms with Crippen molar-refractivity contribution >= 4 is 0 Å². The van der Waals surface area contributed by atoms with Crippen LogP contribution >= 0.6 is 0 Å². The van der Waals surface area contributed by atoms with E-state index in [1.807, 2.05) is 7.11 Å². The molecule has 0 aromatic carbocycles. The summed E-state index contributed by atoms with van der Waals surface area (Å²) in [6, 6.07) is 0.348. The van der Waals surface area contributed by atoms with Crippen LogP contribution in [0.4, 0.5) is 0 Å². The maximum atomic E-state index is 6.25. The summed E-state index contributed by atoms with van der Waals surface area (Å²) < 4.78 is 5.65. The quantitative estimate of drug-likeness (QED) is 0.516. The molecule has 0 aromatic heterocycles. The number of ether oxygens (including phenoxy) is 1. The van der Waals surface area contributed by atoms with Crippen LogP contribution in [0.15, 0.2) is 0 Å². The van der Waals surface area contributed by atoms with Crippen molar-refractivity contribution in [2.24, 2.45) is 5.73 Å². The highest BCUT2D eigenvalue weighted by Crippen LogP contribution is 2.39. The summed E-state index contributed by atoms with van der Waals surface area (Å²) in [5, 5.41) is 0. The Kier molecular flexibility index (Phi) is 8.72. The Balaban J connectivity index is 1.91. The molecule has 0 amide bonds. The molecule has 2 heteroatoms. The number of unbranched alkanes of at least 4 members (excludes halogenated alkanes) is 7. The normalized spacial score (nSPS) is 19.1. The molecule has 0 spiro atoms. The smallest absolute Gasteiger partial charge is 0.0693 e. The molecule has 0 bridgehead atoms. The average molecular weight is 269 g/mol. The van der Waals surface area contributed by atoms with E-state index >= 15 is 0 Å². The molecule has 1 fully saturated rings. The molecular formula is C17H35NO. The highest BCUT2D eigenvalue weighted by molar-refractivity contribution is 4.92. The van der Waals surface area contributed by atoms with Gasteiger partial charge < -0.3 is 10.5 Å². The lowest BCUT2D eigenvalue weighted by Crippen LogP contribution is -2.44. The van der Waals surface area contributed by atoms with Crippen LogP contribution in [0.1, 0.15) is 90.4 Å². The number of methoxy groups -OCH3 is 1. The average Bonchev–Trinajstić information content (AvgIpc) is 2.37. The molecule has 1 aliphatic carbocycles. The zero-order valence-corrected chi connectivity index (χ0v) is 13.3. The van der Waals surface area contributed by atoms with Crippen molar-refractivity contribution in [2.75, 3.05) is 7.11 Å². The third kappa shape index (κ3) is 6.76. The zero-order chi connectivity index (χ0) is 14.0. The first-order valence-electron chi connectivity index (χ1n) is 8.53. The van der Waals surface area contributed by atoms with Gasteiger partial charge in [0.05, 0.1) is 5.60 Å². The van der Waals surface area contributed by atoms with Crippen LogP contribution in [-0.2, 0) is 4.74 Å². The van der Waals surface area contributed by atoms with Crippen molar-refractivity contribution in [3.8, 4) is 0 Å². The molecule has 1 saturated carbocycles. The fourth-order valence-electron chi connectivity index (χ4n) is 3.18. The van der Waals surface area contributed by atoms with Crippen molar-refractivity contribution < 1.29 is 4.74 Å². The van der Waals surface area contributed by atoms with Gasteiger partial charge in [0.1, 0.15) is 0 Å². The predicted molar refractivity (Wildman–Crippen MR) is 83.4 cm³/mol. The summed E-state index contributed by atoms with van der Waals surface area (Å²) in [6.45, 7) is 2.27. The minimum Gasteiger partial charge on any atom is -0.378 e. The van der Waals surface area contributed by atoms with Gasteiger partial charge in [-0.25, -0.2) is 0 Å². The SMILES string of the molecule is CCCCCCCCCCC(N)CC1(OC)CCC1. The third-order valence-corrected chi connectivity index (χ3v) is 4.76. The topological polar surface area (TPSA) is 35.2 Å². The first-order valence-corrected chi connectivity index (χ1v) is 8.53. The van der Waals surface area contributed by atoms with Crippen molar-refractivity contribution in [3.05, 3.63) is 0 Å². The van der Waals surface area contributed by atoms with Gasteiger partial charge in [0.2, 0.25) is 0 Å². The van der Waals surface area contributed by atoms with E-state index in [0.29, 0.717) is 6.04 Å². The molecule has 1 rings (SSSR count). The summed E-state index contributed by atoms with van der Waals surface area (Å²) in [4.78, 5) is 0. The summed E-state index contributed by atoms with van der Waals surface area (Å²) in [5.41, 5.74) is 6.40. The number of rotatable bonds is 12. The summed E-state index contributed by atoms with van der Waals surface area (Å²) in [5.74, 6) is 0. The lowest BCUT2D eigenvalue weighted by molar-refractivity contribution is -0.0818. The standard InChI is InChI=1S/C17H35NO/c1-3-4-5-6-7-8-9-10-12-16(18)15-17(19-2)13-11-14-17/h16H,3-15,18H2,1-2H3. The Hall–Kier alpha value is -0.0800. The van der Waals surface area contributed by atoms with Crippen molar-refractivity contribution in [2.45, 2.75) is 102 Å². The van der Waals surface area contributed by atoms with Crippen LogP contribution in [0.5, 0.6) is 0 Å². The second-order valence-electron chi connectivity index (χ2n) is 6.47. The Morgan fingerprint density at radius 3 is 2.05 bits per heavy atom. The van der Waals surface area contributed by atoms with Gasteiger partial charge in [0.15, 0.2) is 0 Å². The highest BCUT2D eigenvalue weighted by atomic mass is 16.5. The highest BCUT2D eigenvalue weighted by Gasteiger charge is 2.37. The molecular weight excluding hydrogens is 234 g/mol. The van der Waals surface area contributed by atoms with Crippen molar-refractivity contribution in [1.82, 2.24) is 0 Å². The number of hydrogen-bond acceptors (Lipinski definition) is 2. The maximum absolute atomic E-state index is 6.25. The Labute approximate surface area is 120 Å². The molecule has 0 aliphatic heterocycles. The summed E-state index contributed by atoms with van der Waals surface area (Å²) >= 11 is 0. The van der Waals surface area contributed by atoms with Gasteiger partial charge in [-0.3, -0.25) is 0 Å². The summed E-state index contributed by atoms with van der Waals surface area (Å²) in [6.07, 6.45) is 17.1. The fourth-order valence-corrected chi connectivity index (χ4v) is 3.18. The monoisotopic (exact) mass is 269 g/mol. The van der Waals surface area contributed by atoms with E-state index in [1.165, 1.54) is 77.0 Å². The Morgan fingerprint density at radius 2 is 1.58 bits per heavy atom. The van der Waals surface area contributed by atoms with Gasteiger partial charge in [-0.05, 0) is 32.1 Å². The first kappa shape index (κ1) is 17.0. The van der Waals surface area contributed by atoms with Crippen LogP contribution in [0.25, 0.3) is 0 Å². The van der Waals surface area contributed by atoms with E-state index in [9.17, 15) is 0 Å². The minimum atomic E-state index is 0.152. The van der Waals surface area contributed by atoms with Crippen LogP contribution < -0.4 is 5.73 Å². The number of hydrogen-bond donors (Lipinski definition) is 1. The van der Waals surface area contributed by atoms with E-state index < -0.39 is 0 Å². The molecule has 1 aliphatic rings. The van der Waals surface area contributed by atoms with Gasteiger partial charge in [-0.1, -0.05) is 58.3 Å². The van der Waals surface area contributed by atoms with E-state index in [2.05, 4.69) is 6.92 Å². The predicted octanol–water partition coefficient (Wildman–Crippen LogP) is 4.80. The zero-order valence-electron chi connectivity index (χ0n) is 13.3. The maximum Gasteiger partial charge on any atom is 0.0693 e. The molecule has 1 atom stereocenters. The fraction of sp³-hybridized carbons (Fsp3) is 1.00. The molecule has 114 valence electrons. The van der Waals surface area contributed by atoms with Gasteiger partial charge in [0.25, 0.3) is 0 Å². The van der Waals surface area contributed by atoms with Gasteiger partial charge >= 0.3 is 0 Å². The third-order valence-electron chi connectivity index (χ3n) is 4.76. The molecule has 1 unspecified atom stereocenters. The molecule has 0 aromatic rings. The van der Waals surface area contributed by atoms with E-state index in [1.54, 1.807) is 0 Å². The van der Waals surface area contributed by atoms with E-state index in [0.717, 1.165) is 6.42 Å². The van der Waals surface area contributed by atoms with Gasteiger partial charge in [-0.2, -0.15) is 0 Å². The van der Waals surface area contributed by atoms with Crippen LogP contribution in [0.2, 0.25) is 0 Å². The molecule has 19 heavy (non-hydrogen) atoms. The number of nitrogens with two attached hydrogens (primary N) is 1. The molecule has 0 radical (unpaired) electrons. The summed E-state index contributed by atoms with van der Waals surface area (Å²) in [7, 11) is 1.85. The van der Waals surface area contributed by atoms with E-state index in [4.69, 9.17) is 10.5 Å². The lowest BCUT2D eigenvalue weighted by atomic mass is 9.75. The second-order valence-corrected chi connectivity index (χ2v) is 6.47. The molecule has 2 N–H and O–H groups in total.